The van der Waals surface area contributed by atoms with Crippen molar-refractivity contribution in [2.75, 3.05) is 0 Å². The molecule has 1 aliphatic heterocycles. The Kier molecular flexibility index (Phi) is 3.66. The fourth-order valence-electron chi connectivity index (χ4n) is 1.81. The predicted octanol–water partition coefficient (Wildman–Crippen LogP) is 4.16. The molecule has 0 radical (unpaired) electrons. The van der Waals surface area contributed by atoms with Crippen LogP contribution in [0.3, 0.4) is 0 Å². The van der Waals surface area contributed by atoms with E-state index in [9.17, 15) is 5.11 Å². The Morgan fingerprint density at radius 3 is 3.00 bits per heavy atom. The molecule has 15 heavy (non-hydrogen) atoms. The third-order valence-corrected chi connectivity index (χ3v) is 4.63. The third-order valence-electron chi connectivity index (χ3n) is 2.62. The highest BCUT2D eigenvalue weighted by atomic mass is 79.9. The van der Waals surface area contributed by atoms with Gasteiger partial charge in [-0.25, -0.2) is 0 Å². The first kappa shape index (κ1) is 11.8. The van der Waals surface area contributed by atoms with Crippen LogP contribution < -0.4 is 0 Å². The number of benzene rings is 1. The van der Waals surface area contributed by atoms with Gasteiger partial charge in [0.05, 0.1) is 6.10 Å². The van der Waals surface area contributed by atoms with Crippen molar-refractivity contribution < 1.29 is 5.11 Å². The molecule has 0 aliphatic carbocycles. The lowest BCUT2D eigenvalue weighted by atomic mass is 10.0. The molecule has 0 fully saturated rings. The van der Waals surface area contributed by atoms with Gasteiger partial charge < -0.3 is 5.11 Å². The zero-order valence-electron chi connectivity index (χ0n) is 8.34. The minimum absolute atomic E-state index is 0.389. The summed E-state index contributed by atoms with van der Waals surface area (Å²) in [6.45, 7) is 2.14. The molecule has 0 spiro atoms. The lowest BCUT2D eigenvalue weighted by molar-refractivity contribution is 0.168. The van der Waals surface area contributed by atoms with E-state index in [4.69, 9.17) is 11.6 Å². The molecular weight excluding hydrogens is 296 g/mol. The first-order valence-corrected chi connectivity index (χ1v) is 7.07. The average Bonchev–Trinajstić information content (AvgIpc) is 2.27. The minimum atomic E-state index is -0.389. The number of hydrogen-bond donors (Lipinski definition) is 1. The molecule has 4 heteroatoms. The summed E-state index contributed by atoms with van der Waals surface area (Å²) in [6.07, 6.45) is 0.407. The van der Waals surface area contributed by atoms with Gasteiger partial charge >= 0.3 is 0 Å². The van der Waals surface area contributed by atoms with Gasteiger partial charge in [-0.1, -0.05) is 34.5 Å². The van der Waals surface area contributed by atoms with Gasteiger partial charge in [-0.15, -0.1) is 0 Å². The molecule has 82 valence electrons. The number of halogens is 2. The van der Waals surface area contributed by atoms with E-state index in [0.717, 1.165) is 32.8 Å². The van der Waals surface area contributed by atoms with E-state index >= 15 is 0 Å². The van der Waals surface area contributed by atoms with Gasteiger partial charge in [0.15, 0.2) is 0 Å². The quantitative estimate of drug-likeness (QED) is 0.776. The monoisotopic (exact) mass is 306 g/mol. The van der Waals surface area contributed by atoms with Gasteiger partial charge in [0.1, 0.15) is 0 Å². The Hall–Kier alpha value is 0.300. The smallest absolute Gasteiger partial charge is 0.0804 e. The fraction of sp³-hybridized carbons (Fsp3) is 0.455. The summed E-state index contributed by atoms with van der Waals surface area (Å²) in [4.78, 5) is 0. The van der Waals surface area contributed by atoms with Crippen molar-refractivity contribution in [3.8, 4) is 0 Å². The van der Waals surface area contributed by atoms with Crippen molar-refractivity contribution in [2.24, 2.45) is 0 Å². The molecular formula is C11H12BrClOS. The van der Waals surface area contributed by atoms with Crippen LogP contribution in [0, 0.1) is 0 Å². The standard InChI is InChI=1S/C11H12BrClOS/c1-6-2-11(14)8-3-7(12)4-10(13)9(8)5-15-6/h3-4,6,11,14H,2,5H2,1H3. The summed E-state index contributed by atoms with van der Waals surface area (Å²) in [6, 6.07) is 3.87. The van der Waals surface area contributed by atoms with Crippen LogP contribution in [0.1, 0.15) is 30.6 Å². The number of aliphatic hydroxyl groups excluding tert-OH is 1. The van der Waals surface area contributed by atoms with Crippen LogP contribution in [0.25, 0.3) is 0 Å². The molecule has 1 heterocycles. The summed E-state index contributed by atoms with van der Waals surface area (Å²) in [5, 5.41) is 11.3. The van der Waals surface area contributed by atoms with E-state index in [1.807, 2.05) is 23.9 Å². The number of rotatable bonds is 0. The van der Waals surface area contributed by atoms with Crippen LogP contribution >= 0.6 is 39.3 Å². The highest BCUT2D eigenvalue weighted by molar-refractivity contribution is 9.10. The van der Waals surface area contributed by atoms with Crippen LogP contribution in [-0.2, 0) is 5.75 Å². The molecule has 2 unspecified atom stereocenters. The number of thioether (sulfide) groups is 1. The number of aliphatic hydroxyl groups is 1. The molecule has 0 saturated heterocycles. The third kappa shape index (κ3) is 2.52. The lowest BCUT2D eigenvalue weighted by Crippen LogP contribution is -2.03. The number of fused-ring (bicyclic) bond motifs is 1. The van der Waals surface area contributed by atoms with Crippen LogP contribution in [0.5, 0.6) is 0 Å². The Morgan fingerprint density at radius 1 is 1.53 bits per heavy atom. The van der Waals surface area contributed by atoms with Gasteiger partial charge in [-0.2, -0.15) is 11.8 Å². The highest BCUT2D eigenvalue weighted by Crippen LogP contribution is 2.39. The Labute approximate surface area is 107 Å². The second-order valence-corrected chi connectivity index (χ2v) is 6.58. The van der Waals surface area contributed by atoms with Gasteiger partial charge in [0, 0.05) is 20.5 Å². The van der Waals surface area contributed by atoms with Crippen molar-refractivity contribution in [3.05, 3.63) is 32.8 Å². The Morgan fingerprint density at radius 2 is 2.27 bits per heavy atom. The molecule has 0 amide bonds. The second-order valence-electron chi connectivity index (χ2n) is 3.83. The lowest BCUT2D eigenvalue weighted by Gasteiger charge is -2.13. The van der Waals surface area contributed by atoms with E-state index in [1.165, 1.54) is 0 Å². The molecule has 1 N–H and O–H groups in total. The van der Waals surface area contributed by atoms with Crippen molar-refractivity contribution in [1.29, 1.82) is 0 Å². The van der Waals surface area contributed by atoms with Crippen LogP contribution in [-0.4, -0.2) is 10.4 Å². The zero-order valence-corrected chi connectivity index (χ0v) is 11.5. The molecule has 1 aliphatic rings. The van der Waals surface area contributed by atoms with E-state index < -0.39 is 0 Å². The second kappa shape index (κ2) is 4.66. The van der Waals surface area contributed by atoms with Crippen molar-refractivity contribution >= 4 is 39.3 Å². The zero-order chi connectivity index (χ0) is 11.0. The van der Waals surface area contributed by atoms with E-state index in [2.05, 4.69) is 22.9 Å². The molecule has 2 atom stereocenters. The Balaban J connectivity index is 2.48. The highest BCUT2D eigenvalue weighted by Gasteiger charge is 2.22. The maximum absolute atomic E-state index is 10.1. The summed E-state index contributed by atoms with van der Waals surface area (Å²) >= 11 is 11.4. The first-order valence-electron chi connectivity index (χ1n) is 4.85. The summed E-state index contributed by atoms with van der Waals surface area (Å²) < 4.78 is 0.935. The number of hydrogen-bond acceptors (Lipinski definition) is 2. The van der Waals surface area contributed by atoms with Gasteiger partial charge in [0.25, 0.3) is 0 Å². The topological polar surface area (TPSA) is 20.2 Å². The maximum Gasteiger partial charge on any atom is 0.0804 e. The normalized spacial score (nSPS) is 25.9. The van der Waals surface area contributed by atoms with E-state index in [1.54, 1.807) is 0 Å². The summed E-state index contributed by atoms with van der Waals surface area (Å²) in [5.74, 6) is 0.889. The molecule has 0 saturated carbocycles. The fourth-order valence-corrected chi connectivity index (χ4v) is 3.88. The van der Waals surface area contributed by atoms with Gasteiger partial charge in [-0.3, -0.25) is 0 Å². The van der Waals surface area contributed by atoms with E-state index in [-0.39, 0.29) is 6.10 Å². The SMILES string of the molecule is CC1CC(O)c2cc(Br)cc(Cl)c2CS1. The van der Waals surface area contributed by atoms with Gasteiger partial charge in [-0.05, 0) is 29.7 Å². The minimum Gasteiger partial charge on any atom is -0.388 e. The predicted molar refractivity (Wildman–Crippen MR) is 69.5 cm³/mol. The average molecular weight is 308 g/mol. The van der Waals surface area contributed by atoms with Crippen molar-refractivity contribution in [2.45, 2.75) is 30.5 Å². The summed E-state index contributed by atoms with van der Waals surface area (Å²) in [5.41, 5.74) is 2.06. The maximum atomic E-state index is 10.1. The molecule has 0 aromatic heterocycles. The van der Waals surface area contributed by atoms with Crippen molar-refractivity contribution in [3.63, 3.8) is 0 Å². The largest absolute Gasteiger partial charge is 0.388 e. The summed E-state index contributed by atoms with van der Waals surface area (Å²) in [7, 11) is 0. The van der Waals surface area contributed by atoms with Crippen LogP contribution in [0.15, 0.2) is 16.6 Å². The molecule has 1 aromatic rings. The molecule has 1 nitrogen and oxygen atoms in total. The Bertz CT molecular complexity index is 383. The first-order chi connectivity index (χ1) is 7.08. The van der Waals surface area contributed by atoms with Crippen LogP contribution in [0.4, 0.5) is 0 Å². The molecule has 1 aromatic carbocycles. The van der Waals surface area contributed by atoms with Crippen molar-refractivity contribution in [1.82, 2.24) is 0 Å². The van der Waals surface area contributed by atoms with Gasteiger partial charge in [0.2, 0.25) is 0 Å². The van der Waals surface area contributed by atoms with Crippen LogP contribution in [0.2, 0.25) is 5.02 Å². The van der Waals surface area contributed by atoms with E-state index in [0.29, 0.717) is 5.25 Å². The molecule has 0 bridgehead atoms. The molecule has 2 rings (SSSR count).